The molecule has 2 N–H and O–H groups in total. The molecule has 3 aromatic rings. The monoisotopic (exact) mass is 501 g/mol. The van der Waals surface area contributed by atoms with Crippen LogP contribution in [0.25, 0.3) is 0 Å². The first kappa shape index (κ1) is 27.1. The van der Waals surface area contributed by atoms with Crippen LogP contribution in [-0.4, -0.2) is 34.2 Å². The first-order chi connectivity index (χ1) is 17.8. The fourth-order valence-corrected chi connectivity index (χ4v) is 5.61. The highest BCUT2D eigenvalue weighted by molar-refractivity contribution is 5.74. The number of benzene rings is 3. The molecule has 0 spiro atoms. The largest absolute Gasteiger partial charge is 0.426 e. The van der Waals surface area contributed by atoms with Crippen LogP contribution in [0, 0.1) is 11.8 Å². The molecular weight excluding hydrogens is 462 g/mol. The van der Waals surface area contributed by atoms with E-state index in [-0.39, 0.29) is 17.8 Å². The second kappa shape index (κ2) is 11.6. The maximum atomic E-state index is 12.4. The molecule has 37 heavy (non-hydrogen) atoms. The summed E-state index contributed by atoms with van der Waals surface area (Å²) in [6, 6.07) is 27.1. The maximum absolute atomic E-state index is 12.4. The van der Waals surface area contributed by atoms with Gasteiger partial charge in [0.1, 0.15) is 17.1 Å². The fourth-order valence-electron chi connectivity index (χ4n) is 5.61. The minimum atomic E-state index is -1.27. The Morgan fingerprint density at radius 2 is 1.41 bits per heavy atom. The number of rotatable bonds is 9. The average Bonchev–Trinajstić information content (AvgIpc) is 2.94. The van der Waals surface area contributed by atoms with Crippen molar-refractivity contribution in [1.82, 2.24) is 4.90 Å². The average molecular weight is 502 g/mol. The molecule has 1 fully saturated rings. The summed E-state index contributed by atoms with van der Waals surface area (Å²) in [5, 5.41) is 24.4. The molecule has 5 nitrogen and oxygen atoms in total. The molecule has 1 saturated heterocycles. The number of likely N-dealkylation sites (tertiary alicyclic amines) is 1. The lowest BCUT2D eigenvalue weighted by Crippen LogP contribution is -2.52. The number of hydrogen-bond acceptors (Lipinski definition) is 5. The number of carbonyl (C=O) groups excluding carboxylic acids is 1. The van der Waals surface area contributed by atoms with E-state index in [1.54, 1.807) is 19.9 Å². The van der Waals surface area contributed by atoms with E-state index in [0.29, 0.717) is 43.7 Å². The van der Waals surface area contributed by atoms with Gasteiger partial charge in [0.05, 0.1) is 5.92 Å². The zero-order valence-electron chi connectivity index (χ0n) is 22.1. The molecule has 3 aromatic carbocycles. The van der Waals surface area contributed by atoms with Crippen molar-refractivity contribution in [3.05, 3.63) is 102 Å². The van der Waals surface area contributed by atoms with Crippen molar-refractivity contribution >= 4 is 5.97 Å². The van der Waals surface area contributed by atoms with Gasteiger partial charge in [-0.2, -0.15) is 0 Å². The van der Waals surface area contributed by atoms with E-state index in [2.05, 4.69) is 4.90 Å². The van der Waals surface area contributed by atoms with Gasteiger partial charge in [-0.05, 0) is 42.4 Å². The zero-order chi connectivity index (χ0) is 26.5. The van der Waals surface area contributed by atoms with Crippen molar-refractivity contribution in [3.8, 4) is 5.75 Å². The Morgan fingerprint density at radius 1 is 0.892 bits per heavy atom. The summed E-state index contributed by atoms with van der Waals surface area (Å²) >= 11 is 0. The van der Waals surface area contributed by atoms with E-state index < -0.39 is 11.3 Å². The van der Waals surface area contributed by atoms with Crippen LogP contribution < -0.4 is 4.74 Å². The first-order valence-electron chi connectivity index (χ1n) is 13.4. The predicted molar refractivity (Wildman–Crippen MR) is 146 cm³/mol. The van der Waals surface area contributed by atoms with Crippen LogP contribution in [0.5, 0.6) is 5.75 Å². The Bertz CT molecular complexity index is 1120. The number of para-hydroxylation sites is 1. The molecule has 1 unspecified atom stereocenters. The van der Waals surface area contributed by atoms with E-state index in [1.807, 2.05) is 85.8 Å². The lowest BCUT2D eigenvalue weighted by atomic mass is 9.71. The molecule has 0 saturated carbocycles. The molecule has 5 heteroatoms. The van der Waals surface area contributed by atoms with Crippen molar-refractivity contribution in [2.75, 3.05) is 13.1 Å². The molecule has 4 rings (SSSR count). The second-order valence-corrected chi connectivity index (χ2v) is 10.4. The summed E-state index contributed by atoms with van der Waals surface area (Å²) in [5.41, 5.74) is -0.0117. The Balaban J connectivity index is 1.63. The van der Waals surface area contributed by atoms with E-state index in [1.165, 1.54) is 0 Å². The molecule has 1 atom stereocenters. The third-order valence-corrected chi connectivity index (χ3v) is 7.64. The van der Waals surface area contributed by atoms with Gasteiger partial charge in [-0.25, -0.2) is 0 Å². The summed E-state index contributed by atoms with van der Waals surface area (Å²) in [4.78, 5) is 14.5. The highest BCUT2D eigenvalue weighted by atomic mass is 16.5. The lowest BCUT2D eigenvalue weighted by molar-refractivity contribution is -0.148. The van der Waals surface area contributed by atoms with Crippen LogP contribution >= 0.6 is 0 Å². The molecule has 0 aromatic heterocycles. The summed E-state index contributed by atoms with van der Waals surface area (Å²) in [6.07, 6.45) is 2.69. The molecule has 1 aliphatic heterocycles. The topological polar surface area (TPSA) is 70.0 Å². The van der Waals surface area contributed by atoms with Gasteiger partial charge in [0, 0.05) is 18.7 Å². The zero-order valence-corrected chi connectivity index (χ0v) is 22.1. The maximum Gasteiger partial charge on any atom is 0.313 e. The van der Waals surface area contributed by atoms with Crippen LogP contribution in [0.4, 0.5) is 0 Å². The second-order valence-electron chi connectivity index (χ2n) is 10.4. The molecule has 1 aliphatic rings. The summed E-state index contributed by atoms with van der Waals surface area (Å²) in [7, 11) is 0. The summed E-state index contributed by atoms with van der Waals surface area (Å²) in [6.45, 7) is 6.86. The molecule has 0 amide bonds. The Morgan fingerprint density at radius 3 is 1.92 bits per heavy atom. The number of aliphatic hydroxyl groups is 2. The van der Waals surface area contributed by atoms with Crippen LogP contribution in [0.3, 0.4) is 0 Å². The van der Waals surface area contributed by atoms with Gasteiger partial charge < -0.3 is 14.9 Å². The third kappa shape index (κ3) is 5.49. The van der Waals surface area contributed by atoms with Crippen LogP contribution in [0.2, 0.25) is 0 Å². The Hall–Kier alpha value is -2.99. The van der Waals surface area contributed by atoms with Crippen molar-refractivity contribution < 1.29 is 19.7 Å². The number of esters is 1. The van der Waals surface area contributed by atoms with Crippen LogP contribution in [-0.2, 0) is 16.1 Å². The smallest absolute Gasteiger partial charge is 0.313 e. The van der Waals surface area contributed by atoms with E-state index in [0.717, 1.165) is 17.5 Å². The highest BCUT2D eigenvalue weighted by Crippen LogP contribution is 2.45. The standard InChI is InChI=1S/C32H39NO4/c1-4-21-31(35,28-17-11-12-18-29(28)37-30(34)24(2)3)33-22-19-27(20-23-33)32(36,25-13-7-5-8-14-25)26-15-9-6-10-16-26/h5-18,24,27,35-36H,4,19-23H2,1-3H3. The van der Waals surface area contributed by atoms with Crippen molar-refractivity contribution in [3.63, 3.8) is 0 Å². The molecule has 0 bridgehead atoms. The Labute approximate surface area is 220 Å². The quantitative estimate of drug-likeness (QED) is 0.285. The van der Waals surface area contributed by atoms with Gasteiger partial charge in [0.15, 0.2) is 0 Å². The van der Waals surface area contributed by atoms with Crippen LogP contribution in [0.15, 0.2) is 84.9 Å². The van der Waals surface area contributed by atoms with Gasteiger partial charge in [0.25, 0.3) is 0 Å². The van der Waals surface area contributed by atoms with Crippen molar-refractivity contribution in [1.29, 1.82) is 0 Å². The number of ether oxygens (including phenoxy) is 1. The summed E-state index contributed by atoms with van der Waals surface area (Å²) < 4.78 is 5.72. The first-order valence-corrected chi connectivity index (χ1v) is 13.4. The predicted octanol–water partition coefficient (Wildman–Crippen LogP) is 5.84. The highest BCUT2D eigenvalue weighted by Gasteiger charge is 2.45. The molecule has 0 aliphatic carbocycles. The number of carbonyl (C=O) groups is 1. The van der Waals surface area contributed by atoms with Gasteiger partial charge in [-0.15, -0.1) is 0 Å². The minimum Gasteiger partial charge on any atom is -0.426 e. The molecule has 0 radical (unpaired) electrons. The van der Waals surface area contributed by atoms with Crippen molar-refractivity contribution in [2.24, 2.45) is 11.8 Å². The minimum absolute atomic E-state index is 0.0200. The van der Waals surface area contributed by atoms with Crippen molar-refractivity contribution in [2.45, 2.75) is 57.8 Å². The fraction of sp³-hybridized carbons (Fsp3) is 0.406. The normalized spacial score (nSPS) is 16.9. The number of nitrogens with zero attached hydrogens (tertiary/aromatic N) is 1. The van der Waals surface area contributed by atoms with Gasteiger partial charge in [-0.3, -0.25) is 9.69 Å². The van der Waals surface area contributed by atoms with E-state index in [9.17, 15) is 15.0 Å². The third-order valence-electron chi connectivity index (χ3n) is 7.64. The number of hydrogen-bond donors (Lipinski definition) is 2. The lowest BCUT2D eigenvalue weighted by Gasteiger charge is -2.47. The summed E-state index contributed by atoms with van der Waals surface area (Å²) in [5.74, 6) is -0.199. The number of piperidine rings is 1. The van der Waals surface area contributed by atoms with Gasteiger partial charge in [-0.1, -0.05) is 106 Å². The van der Waals surface area contributed by atoms with E-state index >= 15 is 0 Å². The SMILES string of the molecule is CCCC(O)(c1ccccc1OC(=O)C(C)C)N1CCC(C(O)(c2ccccc2)c2ccccc2)CC1. The van der Waals surface area contributed by atoms with E-state index in [4.69, 9.17) is 4.74 Å². The molecule has 1 heterocycles. The molecular formula is C32H39NO4. The Kier molecular flexibility index (Phi) is 8.48. The van der Waals surface area contributed by atoms with Crippen LogP contribution in [0.1, 0.15) is 63.1 Å². The molecule has 196 valence electrons. The van der Waals surface area contributed by atoms with Gasteiger partial charge >= 0.3 is 5.97 Å². The van der Waals surface area contributed by atoms with Gasteiger partial charge in [0.2, 0.25) is 0 Å².